The molecule has 110 valence electrons. The van der Waals surface area contributed by atoms with Crippen molar-refractivity contribution in [3.8, 4) is 0 Å². The highest BCUT2D eigenvalue weighted by Crippen LogP contribution is 2.29. The molecule has 0 aromatic heterocycles. The fourth-order valence-electron chi connectivity index (χ4n) is 3.19. The van der Waals surface area contributed by atoms with Crippen molar-refractivity contribution in [2.24, 2.45) is 11.8 Å². The van der Waals surface area contributed by atoms with E-state index in [0.29, 0.717) is 17.9 Å². The molecule has 2 rings (SSSR count). The summed E-state index contributed by atoms with van der Waals surface area (Å²) in [6, 6.07) is 0.341. The average Bonchev–Trinajstić information content (AvgIpc) is 2.43. The standard InChI is InChI=1S/C15H28N2O2/c1-11-4-3-5-14(12(11)2)17-15(18)10-19-13-6-8-16-9-7-13/h11-14,16H,3-10H2,1-2H3,(H,17,18). The summed E-state index contributed by atoms with van der Waals surface area (Å²) >= 11 is 0. The molecule has 4 nitrogen and oxygen atoms in total. The molecular formula is C15H28N2O2. The Morgan fingerprint density at radius 1 is 1.21 bits per heavy atom. The van der Waals surface area contributed by atoms with E-state index in [1.54, 1.807) is 0 Å². The molecule has 1 amide bonds. The fourth-order valence-corrected chi connectivity index (χ4v) is 3.19. The van der Waals surface area contributed by atoms with Crippen LogP contribution in [-0.2, 0) is 9.53 Å². The number of hydrogen-bond acceptors (Lipinski definition) is 3. The average molecular weight is 268 g/mol. The van der Waals surface area contributed by atoms with Crippen LogP contribution < -0.4 is 10.6 Å². The highest BCUT2D eigenvalue weighted by molar-refractivity contribution is 5.77. The van der Waals surface area contributed by atoms with Crippen LogP contribution in [0.3, 0.4) is 0 Å². The third-order valence-corrected chi connectivity index (χ3v) is 4.79. The van der Waals surface area contributed by atoms with Crippen molar-refractivity contribution in [3.63, 3.8) is 0 Å². The van der Waals surface area contributed by atoms with Crippen molar-refractivity contribution in [1.82, 2.24) is 10.6 Å². The molecule has 3 atom stereocenters. The van der Waals surface area contributed by atoms with Gasteiger partial charge >= 0.3 is 0 Å². The van der Waals surface area contributed by atoms with Crippen molar-refractivity contribution in [3.05, 3.63) is 0 Å². The van der Waals surface area contributed by atoms with Crippen LogP contribution in [-0.4, -0.2) is 37.7 Å². The Kier molecular flexibility index (Phi) is 5.64. The minimum absolute atomic E-state index is 0.0597. The first-order chi connectivity index (χ1) is 9.16. The lowest BCUT2D eigenvalue weighted by atomic mass is 9.78. The van der Waals surface area contributed by atoms with Gasteiger partial charge in [-0.3, -0.25) is 4.79 Å². The van der Waals surface area contributed by atoms with Gasteiger partial charge in [0.1, 0.15) is 6.61 Å². The second kappa shape index (κ2) is 7.25. The van der Waals surface area contributed by atoms with Crippen LogP contribution in [0.2, 0.25) is 0 Å². The highest BCUT2D eigenvalue weighted by Gasteiger charge is 2.28. The van der Waals surface area contributed by atoms with E-state index in [1.165, 1.54) is 12.8 Å². The third kappa shape index (κ3) is 4.46. The first-order valence-corrected chi connectivity index (χ1v) is 7.78. The second-order valence-corrected chi connectivity index (χ2v) is 6.20. The zero-order valence-corrected chi connectivity index (χ0v) is 12.3. The summed E-state index contributed by atoms with van der Waals surface area (Å²) < 4.78 is 5.70. The minimum atomic E-state index is 0.0597. The van der Waals surface area contributed by atoms with Gasteiger partial charge in [-0.15, -0.1) is 0 Å². The summed E-state index contributed by atoms with van der Waals surface area (Å²) in [5.41, 5.74) is 0. The van der Waals surface area contributed by atoms with Gasteiger partial charge < -0.3 is 15.4 Å². The lowest BCUT2D eigenvalue weighted by molar-refractivity contribution is -0.129. The van der Waals surface area contributed by atoms with Gasteiger partial charge in [-0.05, 0) is 44.2 Å². The van der Waals surface area contributed by atoms with E-state index < -0.39 is 0 Å². The van der Waals surface area contributed by atoms with Gasteiger partial charge in [0, 0.05) is 6.04 Å². The molecule has 2 aliphatic rings. The molecule has 1 heterocycles. The molecule has 1 aliphatic carbocycles. The van der Waals surface area contributed by atoms with Gasteiger partial charge in [0.15, 0.2) is 0 Å². The smallest absolute Gasteiger partial charge is 0.246 e. The Bertz CT molecular complexity index is 290. The predicted molar refractivity (Wildman–Crippen MR) is 76.0 cm³/mol. The number of hydrogen-bond donors (Lipinski definition) is 2. The van der Waals surface area contributed by atoms with Gasteiger partial charge in [-0.1, -0.05) is 26.7 Å². The van der Waals surface area contributed by atoms with Gasteiger partial charge in [-0.25, -0.2) is 0 Å². The van der Waals surface area contributed by atoms with E-state index in [-0.39, 0.29) is 18.6 Å². The predicted octanol–water partition coefficient (Wildman–Crippen LogP) is 1.70. The van der Waals surface area contributed by atoms with E-state index in [2.05, 4.69) is 24.5 Å². The van der Waals surface area contributed by atoms with Crippen molar-refractivity contribution in [2.45, 2.75) is 58.1 Å². The zero-order chi connectivity index (χ0) is 13.7. The van der Waals surface area contributed by atoms with Crippen LogP contribution in [0, 0.1) is 11.8 Å². The number of piperidine rings is 1. The Labute approximate surface area is 116 Å². The summed E-state index contributed by atoms with van der Waals surface area (Å²) in [6.07, 6.45) is 5.93. The maximum Gasteiger partial charge on any atom is 0.246 e. The molecule has 0 spiro atoms. The molecule has 1 saturated carbocycles. The maximum atomic E-state index is 12.0. The first kappa shape index (κ1) is 14.8. The van der Waals surface area contributed by atoms with E-state index in [4.69, 9.17) is 4.74 Å². The molecule has 0 aromatic rings. The van der Waals surface area contributed by atoms with E-state index in [9.17, 15) is 4.79 Å². The van der Waals surface area contributed by atoms with E-state index >= 15 is 0 Å². The Morgan fingerprint density at radius 3 is 2.68 bits per heavy atom. The lowest BCUT2D eigenvalue weighted by Crippen LogP contribution is -2.45. The quantitative estimate of drug-likeness (QED) is 0.816. The van der Waals surface area contributed by atoms with Crippen molar-refractivity contribution in [1.29, 1.82) is 0 Å². The largest absolute Gasteiger partial charge is 0.368 e. The second-order valence-electron chi connectivity index (χ2n) is 6.20. The SMILES string of the molecule is CC1CCCC(NC(=O)COC2CCNCC2)C1C. The van der Waals surface area contributed by atoms with Crippen LogP contribution in [0.25, 0.3) is 0 Å². The van der Waals surface area contributed by atoms with Crippen molar-refractivity contribution in [2.75, 3.05) is 19.7 Å². The molecule has 0 bridgehead atoms. The summed E-state index contributed by atoms with van der Waals surface area (Å²) in [5, 5.41) is 6.46. The summed E-state index contributed by atoms with van der Waals surface area (Å²) in [7, 11) is 0. The fraction of sp³-hybridized carbons (Fsp3) is 0.933. The van der Waals surface area contributed by atoms with Crippen LogP contribution in [0.15, 0.2) is 0 Å². The lowest BCUT2D eigenvalue weighted by Gasteiger charge is -2.34. The molecule has 1 saturated heterocycles. The van der Waals surface area contributed by atoms with Gasteiger partial charge in [0.25, 0.3) is 0 Å². The van der Waals surface area contributed by atoms with Gasteiger partial charge in [0.05, 0.1) is 6.10 Å². The molecule has 3 unspecified atom stereocenters. The van der Waals surface area contributed by atoms with E-state index in [1.807, 2.05) is 0 Å². The zero-order valence-electron chi connectivity index (χ0n) is 12.3. The summed E-state index contributed by atoms with van der Waals surface area (Å²) in [5.74, 6) is 1.35. The Morgan fingerprint density at radius 2 is 1.95 bits per heavy atom. The van der Waals surface area contributed by atoms with Crippen molar-refractivity contribution < 1.29 is 9.53 Å². The van der Waals surface area contributed by atoms with Crippen LogP contribution >= 0.6 is 0 Å². The molecule has 2 fully saturated rings. The van der Waals surface area contributed by atoms with E-state index in [0.717, 1.165) is 32.4 Å². The molecule has 1 aliphatic heterocycles. The van der Waals surface area contributed by atoms with Gasteiger partial charge in [0.2, 0.25) is 5.91 Å². The molecule has 4 heteroatoms. The maximum absolute atomic E-state index is 12.0. The molecule has 0 radical (unpaired) electrons. The number of ether oxygens (including phenoxy) is 1. The number of rotatable bonds is 4. The normalized spacial score (nSPS) is 33.1. The monoisotopic (exact) mass is 268 g/mol. The Hall–Kier alpha value is -0.610. The first-order valence-electron chi connectivity index (χ1n) is 7.78. The van der Waals surface area contributed by atoms with Crippen LogP contribution in [0.1, 0.15) is 46.0 Å². The number of carbonyl (C=O) groups excluding carboxylic acids is 1. The Balaban J connectivity index is 1.68. The van der Waals surface area contributed by atoms with Gasteiger partial charge in [-0.2, -0.15) is 0 Å². The van der Waals surface area contributed by atoms with Crippen molar-refractivity contribution >= 4 is 5.91 Å². The summed E-state index contributed by atoms with van der Waals surface area (Å²) in [4.78, 5) is 12.0. The third-order valence-electron chi connectivity index (χ3n) is 4.79. The number of nitrogens with one attached hydrogen (secondary N) is 2. The minimum Gasteiger partial charge on any atom is -0.368 e. The number of carbonyl (C=O) groups is 1. The highest BCUT2D eigenvalue weighted by atomic mass is 16.5. The van der Waals surface area contributed by atoms with Crippen LogP contribution in [0.4, 0.5) is 0 Å². The molecule has 2 N–H and O–H groups in total. The molecule has 19 heavy (non-hydrogen) atoms. The summed E-state index contributed by atoms with van der Waals surface area (Å²) in [6.45, 7) is 6.77. The molecular weight excluding hydrogens is 240 g/mol. The number of amides is 1. The molecule has 0 aromatic carbocycles. The van der Waals surface area contributed by atoms with Crippen LogP contribution in [0.5, 0.6) is 0 Å². The topological polar surface area (TPSA) is 50.4 Å².